The average molecular weight is 510 g/mol. The Balaban J connectivity index is 1.62. The Hall–Kier alpha value is -1.50. The maximum atomic E-state index is 13.1. The van der Waals surface area contributed by atoms with Crippen molar-refractivity contribution in [2.24, 2.45) is 0 Å². The number of piperazine rings is 1. The molecule has 0 radical (unpaired) electrons. The Labute approximate surface area is 182 Å². The molecule has 2 aromatic carbocycles. The highest BCUT2D eigenvalue weighted by molar-refractivity contribution is 9.13. The molecule has 3 nitrogen and oxygen atoms in total. The van der Waals surface area contributed by atoms with E-state index in [-0.39, 0.29) is 23.8 Å². The highest BCUT2D eigenvalue weighted by Crippen LogP contribution is 2.24. The third-order valence-corrected chi connectivity index (χ3v) is 6.94. The summed E-state index contributed by atoms with van der Waals surface area (Å²) in [6, 6.07) is 12.9. The molecule has 0 N–H and O–H groups in total. The number of rotatable bonds is 4. The summed E-state index contributed by atoms with van der Waals surface area (Å²) in [7, 11) is 0. The van der Waals surface area contributed by atoms with Crippen molar-refractivity contribution in [1.82, 2.24) is 9.80 Å². The van der Waals surface area contributed by atoms with Gasteiger partial charge in [0.1, 0.15) is 5.82 Å². The Bertz CT molecular complexity index is 869. The second kappa shape index (κ2) is 9.33. The van der Waals surface area contributed by atoms with Crippen molar-refractivity contribution in [2.75, 3.05) is 13.1 Å². The molecule has 0 saturated carbocycles. The molecule has 0 bridgehead atoms. The Kier molecular flexibility index (Phi) is 7.07. The molecule has 1 aliphatic heterocycles. The summed E-state index contributed by atoms with van der Waals surface area (Å²) in [4.78, 5) is 17.0. The van der Waals surface area contributed by atoms with E-state index < -0.39 is 0 Å². The summed E-state index contributed by atoms with van der Waals surface area (Å²) in [5.41, 5.74) is 2.06. The lowest BCUT2D eigenvalue weighted by atomic mass is 10.1. The molecule has 0 unspecified atom stereocenters. The van der Waals surface area contributed by atoms with E-state index in [2.05, 4.69) is 50.6 Å². The number of hydrogen-bond donors (Lipinski definition) is 0. The maximum absolute atomic E-state index is 13.1. The summed E-state index contributed by atoms with van der Waals surface area (Å²) in [6.45, 7) is 6.44. The van der Waals surface area contributed by atoms with E-state index in [0.29, 0.717) is 6.54 Å². The zero-order chi connectivity index (χ0) is 20.3. The first-order valence-corrected chi connectivity index (χ1v) is 10.8. The van der Waals surface area contributed by atoms with Gasteiger partial charge in [0.05, 0.1) is 0 Å². The van der Waals surface area contributed by atoms with Gasteiger partial charge < -0.3 is 4.90 Å². The van der Waals surface area contributed by atoms with Crippen molar-refractivity contribution in [3.8, 4) is 0 Å². The zero-order valence-electron chi connectivity index (χ0n) is 15.9. The molecule has 1 heterocycles. The summed E-state index contributed by atoms with van der Waals surface area (Å²) < 4.78 is 15.1. The van der Waals surface area contributed by atoms with Crippen LogP contribution in [-0.4, -0.2) is 40.9 Å². The van der Waals surface area contributed by atoms with Crippen molar-refractivity contribution < 1.29 is 9.18 Å². The smallest absolute Gasteiger partial charge is 0.246 e. The van der Waals surface area contributed by atoms with Gasteiger partial charge in [-0.3, -0.25) is 9.69 Å². The topological polar surface area (TPSA) is 23.6 Å². The highest BCUT2D eigenvalue weighted by Gasteiger charge is 2.30. The standard InChI is InChI=1S/C22H23Br2FN2O/c1-15-13-27(22(28)10-6-17-5-9-20(23)21(24)11-17)16(2)12-26(15)14-18-3-7-19(25)8-4-18/h3-11,15-16H,12-14H2,1-2H3/t15-,16+/m1/s1. The van der Waals surface area contributed by atoms with Crippen LogP contribution in [0.2, 0.25) is 0 Å². The Morgan fingerprint density at radius 3 is 2.46 bits per heavy atom. The summed E-state index contributed by atoms with van der Waals surface area (Å²) in [6.07, 6.45) is 3.50. The summed E-state index contributed by atoms with van der Waals surface area (Å²) >= 11 is 6.93. The summed E-state index contributed by atoms with van der Waals surface area (Å²) in [5.74, 6) is -0.190. The lowest BCUT2D eigenvalue weighted by molar-refractivity contribution is -0.131. The predicted molar refractivity (Wildman–Crippen MR) is 118 cm³/mol. The van der Waals surface area contributed by atoms with Gasteiger partial charge in [0.15, 0.2) is 0 Å². The van der Waals surface area contributed by atoms with Gasteiger partial charge in [0.2, 0.25) is 5.91 Å². The van der Waals surface area contributed by atoms with Gasteiger partial charge in [-0.15, -0.1) is 0 Å². The first kappa shape index (κ1) is 21.2. The number of carbonyl (C=O) groups excluding carboxylic acids is 1. The quantitative estimate of drug-likeness (QED) is 0.509. The molecule has 2 atom stereocenters. The number of halogens is 3. The van der Waals surface area contributed by atoms with Crippen LogP contribution in [0.15, 0.2) is 57.5 Å². The number of amides is 1. The zero-order valence-corrected chi connectivity index (χ0v) is 19.1. The normalized spacial score (nSPS) is 20.7. The fourth-order valence-electron chi connectivity index (χ4n) is 3.43. The lowest BCUT2D eigenvalue weighted by Gasteiger charge is -2.44. The number of nitrogens with zero attached hydrogens (tertiary/aromatic N) is 2. The highest BCUT2D eigenvalue weighted by atomic mass is 79.9. The second-order valence-corrected chi connectivity index (χ2v) is 8.96. The molecule has 0 spiro atoms. The van der Waals surface area contributed by atoms with Crippen LogP contribution in [0.5, 0.6) is 0 Å². The van der Waals surface area contributed by atoms with Gasteiger partial charge in [-0.1, -0.05) is 18.2 Å². The minimum Gasteiger partial charge on any atom is -0.334 e. The van der Waals surface area contributed by atoms with Crippen molar-refractivity contribution >= 4 is 43.8 Å². The van der Waals surface area contributed by atoms with Gasteiger partial charge >= 0.3 is 0 Å². The van der Waals surface area contributed by atoms with Crippen LogP contribution in [0, 0.1) is 5.82 Å². The third-order valence-electron chi connectivity index (χ3n) is 5.06. The second-order valence-electron chi connectivity index (χ2n) is 7.25. The Morgan fingerprint density at radius 2 is 1.79 bits per heavy atom. The predicted octanol–water partition coefficient (Wildman–Crippen LogP) is 5.49. The molecular weight excluding hydrogens is 487 g/mol. The van der Waals surface area contributed by atoms with E-state index in [9.17, 15) is 9.18 Å². The van der Waals surface area contributed by atoms with E-state index >= 15 is 0 Å². The number of benzene rings is 2. The van der Waals surface area contributed by atoms with E-state index in [0.717, 1.165) is 33.2 Å². The van der Waals surface area contributed by atoms with Crippen molar-refractivity contribution in [2.45, 2.75) is 32.5 Å². The van der Waals surface area contributed by atoms with Gasteiger partial charge in [0, 0.05) is 46.7 Å². The average Bonchev–Trinajstić information content (AvgIpc) is 2.67. The van der Waals surface area contributed by atoms with Crippen molar-refractivity contribution in [3.05, 3.63) is 74.4 Å². The minimum absolute atomic E-state index is 0.0276. The summed E-state index contributed by atoms with van der Waals surface area (Å²) in [5, 5.41) is 0. The molecule has 6 heteroatoms. The third kappa shape index (κ3) is 5.31. The van der Waals surface area contributed by atoms with Crippen molar-refractivity contribution in [1.29, 1.82) is 0 Å². The first-order chi connectivity index (χ1) is 13.3. The molecule has 1 amide bonds. The van der Waals surface area contributed by atoms with Crippen LogP contribution in [-0.2, 0) is 11.3 Å². The molecule has 1 fully saturated rings. The monoisotopic (exact) mass is 508 g/mol. The van der Waals surface area contributed by atoms with Gasteiger partial charge in [-0.05, 0) is 87.2 Å². The van der Waals surface area contributed by atoms with E-state index in [1.54, 1.807) is 6.08 Å². The molecule has 1 aliphatic rings. The van der Waals surface area contributed by atoms with Gasteiger partial charge in [-0.2, -0.15) is 0 Å². The largest absolute Gasteiger partial charge is 0.334 e. The van der Waals surface area contributed by atoms with Gasteiger partial charge in [0.25, 0.3) is 0 Å². The lowest BCUT2D eigenvalue weighted by Crippen LogP contribution is -2.57. The van der Waals surface area contributed by atoms with E-state index in [4.69, 9.17) is 0 Å². The Morgan fingerprint density at radius 1 is 1.07 bits per heavy atom. The minimum atomic E-state index is -0.217. The SMILES string of the molecule is C[C@@H]1CN(C(=O)C=Cc2ccc(Br)c(Br)c2)[C@@H](C)CN1Cc1ccc(F)cc1. The number of hydrogen-bond acceptors (Lipinski definition) is 2. The van der Waals surface area contributed by atoms with Gasteiger partial charge in [-0.25, -0.2) is 4.39 Å². The molecule has 0 aromatic heterocycles. The van der Waals surface area contributed by atoms with Crippen LogP contribution in [0.3, 0.4) is 0 Å². The van der Waals surface area contributed by atoms with Crippen LogP contribution < -0.4 is 0 Å². The number of carbonyl (C=O) groups is 1. The maximum Gasteiger partial charge on any atom is 0.246 e. The van der Waals surface area contributed by atoms with E-state index in [1.807, 2.05) is 41.3 Å². The van der Waals surface area contributed by atoms with Crippen LogP contribution >= 0.6 is 31.9 Å². The molecular formula is C22H23Br2FN2O. The molecule has 0 aliphatic carbocycles. The van der Waals surface area contributed by atoms with Crippen LogP contribution in [0.4, 0.5) is 4.39 Å². The van der Waals surface area contributed by atoms with E-state index in [1.165, 1.54) is 12.1 Å². The molecule has 1 saturated heterocycles. The molecule has 148 valence electrons. The fraction of sp³-hybridized carbons (Fsp3) is 0.318. The van der Waals surface area contributed by atoms with Crippen molar-refractivity contribution in [3.63, 3.8) is 0 Å². The molecule has 2 aromatic rings. The first-order valence-electron chi connectivity index (χ1n) is 9.25. The fourth-order valence-corrected chi connectivity index (χ4v) is 4.07. The van der Waals surface area contributed by atoms with Crippen LogP contribution in [0.1, 0.15) is 25.0 Å². The van der Waals surface area contributed by atoms with Crippen LogP contribution in [0.25, 0.3) is 6.08 Å². The molecule has 28 heavy (non-hydrogen) atoms. The molecule has 3 rings (SSSR count).